The minimum absolute atomic E-state index is 0.114. The molecule has 0 saturated heterocycles. The summed E-state index contributed by atoms with van der Waals surface area (Å²) in [5, 5.41) is 0.536. The number of benzene rings is 2. The van der Waals surface area contributed by atoms with Crippen LogP contribution < -0.4 is 5.56 Å². The van der Waals surface area contributed by atoms with Crippen molar-refractivity contribution >= 4 is 17.4 Å². The lowest BCUT2D eigenvalue weighted by atomic mass is 10.1. The molecule has 0 amide bonds. The van der Waals surface area contributed by atoms with Gasteiger partial charge in [-0.25, -0.2) is 9.37 Å². The van der Waals surface area contributed by atoms with E-state index in [0.29, 0.717) is 21.8 Å². The maximum absolute atomic E-state index is 12.9. The summed E-state index contributed by atoms with van der Waals surface area (Å²) in [7, 11) is 0. The van der Waals surface area contributed by atoms with Gasteiger partial charge in [0.25, 0.3) is 5.56 Å². The van der Waals surface area contributed by atoms with E-state index < -0.39 is 0 Å². The summed E-state index contributed by atoms with van der Waals surface area (Å²) in [6.07, 6.45) is 1.31. The van der Waals surface area contributed by atoms with E-state index in [1.165, 1.54) is 29.1 Å². The third kappa shape index (κ3) is 3.58. The number of aromatic nitrogens is 2. The molecule has 1 aromatic heterocycles. The highest BCUT2D eigenvalue weighted by Crippen LogP contribution is 2.15. The van der Waals surface area contributed by atoms with Crippen molar-refractivity contribution in [2.24, 2.45) is 0 Å². The molecule has 0 spiro atoms. The highest BCUT2D eigenvalue weighted by atomic mass is 35.5. The number of hydrogen-bond acceptors (Lipinski definition) is 3. The third-order valence-electron chi connectivity index (χ3n) is 3.50. The van der Waals surface area contributed by atoms with Crippen LogP contribution in [0.25, 0.3) is 11.3 Å². The molecule has 1 heterocycles. The second-order valence-corrected chi connectivity index (χ2v) is 5.61. The zero-order valence-corrected chi connectivity index (χ0v) is 13.2. The second kappa shape index (κ2) is 6.76. The highest BCUT2D eigenvalue weighted by Gasteiger charge is 2.09. The van der Waals surface area contributed by atoms with Crippen molar-refractivity contribution in [3.8, 4) is 11.3 Å². The van der Waals surface area contributed by atoms with Crippen molar-refractivity contribution in [1.82, 2.24) is 9.55 Å². The van der Waals surface area contributed by atoms with Gasteiger partial charge in [0, 0.05) is 22.2 Å². The van der Waals surface area contributed by atoms with Gasteiger partial charge in [-0.05, 0) is 48.5 Å². The van der Waals surface area contributed by atoms with Crippen LogP contribution in [0.4, 0.5) is 4.39 Å². The van der Waals surface area contributed by atoms with Crippen molar-refractivity contribution in [2.45, 2.75) is 6.54 Å². The van der Waals surface area contributed by atoms with E-state index >= 15 is 0 Å². The van der Waals surface area contributed by atoms with E-state index in [2.05, 4.69) is 4.98 Å². The smallest absolute Gasteiger partial charge is 0.254 e. The van der Waals surface area contributed by atoms with Gasteiger partial charge < -0.3 is 0 Å². The molecule has 0 aliphatic rings. The molecule has 0 bridgehead atoms. The zero-order chi connectivity index (χ0) is 17.1. The number of Topliss-reactive ketones (excluding diaryl/α,β-unsaturated/α-hetero) is 1. The van der Waals surface area contributed by atoms with Crippen molar-refractivity contribution in [1.29, 1.82) is 0 Å². The SMILES string of the molecule is O=C(Cn1cnc(-c2ccc(F)cc2)cc1=O)c1ccc(Cl)cc1. The summed E-state index contributed by atoms with van der Waals surface area (Å²) in [6.45, 7) is -0.114. The second-order valence-electron chi connectivity index (χ2n) is 5.18. The van der Waals surface area contributed by atoms with E-state index in [4.69, 9.17) is 11.6 Å². The van der Waals surface area contributed by atoms with Crippen LogP contribution in [0, 0.1) is 5.82 Å². The van der Waals surface area contributed by atoms with Crippen LogP contribution >= 0.6 is 11.6 Å². The van der Waals surface area contributed by atoms with Gasteiger partial charge in [0.05, 0.1) is 18.6 Å². The number of halogens is 2. The molecule has 3 aromatic rings. The molecule has 3 rings (SSSR count). The molecule has 6 heteroatoms. The molecule has 0 aliphatic carbocycles. The Labute approximate surface area is 142 Å². The van der Waals surface area contributed by atoms with E-state index in [1.807, 2.05) is 0 Å². The van der Waals surface area contributed by atoms with Crippen LogP contribution in [0.15, 0.2) is 65.7 Å². The molecule has 4 nitrogen and oxygen atoms in total. The molecule has 0 radical (unpaired) electrons. The van der Waals surface area contributed by atoms with Crippen molar-refractivity contribution in [3.05, 3.63) is 87.7 Å². The standard InChI is InChI=1S/C18H12ClFN2O2/c19-14-5-1-13(2-6-14)17(23)10-22-11-21-16(9-18(22)24)12-3-7-15(20)8-4-12/h1-9,11H,10H2. The van der Waals surface area contributed by atoms with Gasteiger partial charge >= 0.3 is 0 Å². The number of ketones is 1. The van der Waals surface area contributed by atoms with E-state index in [9.17, 15) is 14.0 Å². The van der Waals surface area contributed by atoms with Gasteiger partial charge in [0.2, 0.25) is 0 Å². The van der Waals surface area contributed by atoms with Crippen molar-refractivity contribution in [3.63, 3.8) is 0 Å². The average molecular weight is 343 g/mol. The van der Waals surface area contributed by atoms with Crippen LogP contribution in [0.3, 0.4) is 0 Å². The van der Waals surface area contributed by atoms with Gasteiger partial charge in [-0.2, -0.15) is 0 Å². The van der Waals surface area contributed by atoms with Gasteiger partial charge in [0.15, 0.2) is 5.78 Å². The molecule has 0 aliphatic heterocycles. The Kier molecular flexibility index (Phi) is 4.53. The summed E-state index contributed by atoms with van der Waals surface area (Å²) in [5.41, 5.74) is 1.17. The van der Waals surface area contributed by atoms with Crippen molar-refractivity contribution in [2.75, 3.05) is 0 Å². The quantitative estimate of drug-likeness (QED) is 0.681. The molecule has 2 aromatic carbocycles. The first-order valence-electron chi connectivity index (χ1n) is 7.14. The summed E-state index contributed by atoms with van der Waals surface area (Å²) < 4.78 is 14.2. The lowest BCUT2D eigenvalue weighted by molar-refractivity contribution is 0.0970. The van der Waals surface area contributed by atoms with Crippen LogP contribution in [0.2, 0.25) is 5.02 Å². The summed E-state index contributed by atoms with van der Waals surface area (Å²) in [5.74, 6) is -0.578. The van der Waals surface area contributed by atoms with E-state index in [0.717, 1.165) is 0 Å². The zero-order valence-electron chi connectivity index (χ0n) is 12.4. The molecular weight excluding hydrogens is 331 g/mol. The minimum atomic E-state index is -0.361. The first kappa shape index (κ1) is 16.1. The first-order valence-corrected chi connectivity index (χ1v) is 7.52. The molecule has 24 heavy (non-hydrogen) atoms. The number of carbonyl (C=O) groups excluding carboxylic acids is 1. The Morgan fingerprint density at radius 3 is 2.38 bits per heavy atom. The van der Waals surface area contributed by atoms with Gasteiger partial charge in [-0.1, -0.05) is 11.6 Å². The van der Waals surface area contributed by atoms with Gasteiger partial charge in [0.1, 0.15) is 5.82 Å². The number of rotatable bonds is 4. The van der Waals surface area contributed by atoms with Gasteiger partial charge in [-0.3, -0.25) is 14.2 Å². The predicted octanol–water partition coefficient (Wildman–Crippen LogP) is 3.59. The highest BCUT2D eigenvalue weighted by molar-refractivity contribution is 6.30. The molecule has 0 fully saturated rings. The lowest BCUT2D eigenvalue weighted by Gasteiger charge is -2.06. The third-order valence-corrected chi connectivity index (χ3v) is 3.75. The van der Waals surface area contributed by atoms with Crippen LogP contribution in [-0.4, -0.2) is 15.3 Å². The van der Waals surface area contributed by atoms with Crippen LogP contribution in [0.1, 0.15) is 10.4 Å². The fraction of sp³-hybridized carbons (Fsp3) is 0.0556. The summed E-state index contributed by atoms with van der Waals surface area (Å²) >= 11 is 5.79. The largest absolute Gasteiger partial charge is 0.292 e. The monoisotopic (exact) mass is 342 g/mol. The molecule has 120 valence electrons. The van der Waals surface area contributed by atoms with Crippen LogP contribution in [-0.2, 0) is 6.54 Å². The van der Waals surface area contributed by atoms with Gasteiger partial charge in [-0.15, -0.1) is 0 Å². The fourth-order valence-electron chi connectivity index (χ4n) is 2.20. The lowest BCUT2D eigenvalue weighted by Crippen LogP contribution is -2.24. The molecular formula is C18H12ClFN2O2. The number of nitrogens with zero attached hydrogens (tertiary/aromatic N) is 2. The summed E-state index contributed by atoms with van der Waals surface area (Å²) in [6, 6.07) is 13.5. The Morgan fingerprint density at radius 2 is 1.75 bits per heavy atom. The van der Waals surface area contributed by atoms with Crippen molar-refractivity contribution < 1.29 is 9.18 Å². The fourth-order valence-corrected chi connectivity index (χ4v) is 2.33. The molecule has 0 unspecified atom stereocenters. The molecule has 0 saturated carbocycles. The average Bonchev–Trinajstić information content (AvgIpc) is 2.58. The van der Waals surface area contributed by atoms with E-state index in [-0.39, 0.29) is 23.7 Å². The Hall–Kier alpha value is -2.79. The maximum Gasteiger partial charge on any atom is 0.254 e. The number of carbonyl (C=O) groups is 1. The first-order chi connectivity index (χ1) is 11.5. The Balaban J connectivity index is 1.82. The Bertz CT molecular complexity index is 934. The normalized spacial score (nSPS) is 10.6. The number of hydrogen-bond donors (Lipinski definition) is 0. The topological polar surface area (TPSA) is 52.0 Å². The molecule has 0 atom stereocenters. The van der Waals surface area contributed by atoms with E-state index in [1.54, 1.807) is 36.4 Å². The predicted molar refractivity (Wildman–Crippen MR) is 89.7 cm³/mol. The molecule has 0 N–H and O–H groups in total. The minimum Gasteiger partial charge on any atom is -0.292 e. The Morgan fingerprint density at radius 1 is 1.08 bits per heavy atom. The van der Waals surface area contributed by atoms with Crippen LogP contribution in [0.5, 0.6) is 0 Å². The summed E-state index contributed by atoms with van der Waals surface area (Å²) in [4.78, 5) is 28.5. The maximum atomic E-state index is 12.9.